The van der Waals surface area contributed by atoms with Crippen LogP contribution in [0.2, 0.25) is 0 Å². The van der Waals surface area contributed by atoms with Gasteiger partial charge in [-0.1, -0.05) is 36.8 Å². The van der Waals surface area contributed by atoms with Crippen LogP contribution in [0.25, 0.3) is 0 Å². The Morgan fingerprint density at radius 3 is 2.53 bits per heavy atom. The fraction of sp³-hybridized carbons (Fsp3) is 0.273. The first-order chi connectivity index (χ1) is 14.3. The lowest BCUT2D eigenvalue weighted by molar-refractivity contribution is -0.124. The number of nitrogens with one attached hydrogen (secondary N) is 2. The lowest BCUT2D eigenvalue weighted by Gasteiger charge is -2.25. The number of carbonyl (C=O) groups is 2. The number of phenols is 1. The summed E-state index contributed by atoms with van der Waals surface area (Å²) in [5.41, 5.74) is 3.50. The Bertz CT molecular complexity index is 899. The molecule has 2 aromatic rings. The molecule has 0 aromatic heterocycles. The molecule has 0 radical (unpaired) electrons. The van der Waals surface area contributed by atoms with Gasteiger partial charge in [0.25, 0.3) is 5.91 Å². The first kappa shape index (κ1) is 22.9. The maximum atomic E-state index is 13.9. The van der Waals surface area contributed by atoms with Crippen molar-refractivity contribution in [1.82, 2.24) is 5.48 Å². The summed E-state index contributed by atoms with van der Waals surface area (Å²) in [6.45, 7) is 3.76. The van der Waals surface area contributed by atoms with Gasteiger partial charge in [0.2, 0.25) is 0 Å². The fourth-order valence-corrected chi connectivity index (χ4v) is 2.85. The standard InChI is InChI=1S/C22H25FN2O5/c1-14-7-10-17(11-8-14)24-22(28)30-21(16-9-12-19(26)18(23)13-16)15(2)5-3-4-6-20(27)25-29/h4,6-13,15,21,26,29H,3,5H2,1-2H3,(H,24,28)(H,25,27)/b6-4+/t15-,21-/m1/s1. The second-order valence-electron chi connectivity index (χ2n) is 6.96. The second kappa shape index (κ2) is 11.0. The average molecular weight is 416 g/mol. The molecule has 4 N–H and O–H groups in total. The number of anilines is 1. The molecule has 2 atom stereocenters. The smallest absolute Gasteiger partial charge is 0.412 e. The van der Waals surface area contributed by atoms with Crippen molar-refractivity contribution in [3.8, 4) is 5.75 Å². The minimum atomic E-state index is -0.813. The number of benzene rings is 2. The largest absolute Gasteiger partial charge is 0.505 e. The summed E-state index contributed by atoms with van der Waals surface area (Å²) in [6, 6.07) is 11.0. The van der Waals surface area contributed by atoms with E-state index in [1.54, 1.807) is 18.2 Å². The van der Waals surface area contributed by atoms with Gasteiger partial charge in [0.05, 0.1) is 0 Å². The van der Waals surface area contributed by atoms with E-state index in [9.17, 15) is 19.1 Å². The summed E-state index contributed by atoms with van der Waals surface area (Å²) in [5.74, 6) is -2.19. The van der Waals surface area contributed by atoms with Crippen molar-refractivity contribution in [2.24, 2.45) is 5.92 Å². The molecule has 2 amide bonds. The van der Waals surface area contributed by atoms with Crippen molar-refractivity contribution in [2.75, 3.05) is 5.32 Å². The number of amides is 2. The molecule has 7 nitrogen and oxygen atoms in total. The van der Waals surface area contributed by atoms with E-state index in [-0.39, 0.29) is 5.92 Å². The molecule has 30 heavy (non-hydrogen) atoms. The summed E-state index contributed by atoms with van der Waals surface area (Å²) < 4.78 is 19.5. The predicted octanol–water partition coefficient (Wildman–Crippen LogP) is 4.61. The number of rotatable bonds is 8. The average Bonchev–Trinajstić information content (AvgIpc) is 2.72. The van der Waals surface area contributed by atoms with Crippen LogP contribution in [-0.2, 0) is 9.53 Å². The van der Waals surface area contributed by atoms with Crippen molar-refractivity contribution in [1.29, 1.82) is 0 Å². The summed E-state index contributed by atoms with van der Waals surface area (Å²) in [5, 5.41) is 20.6. The van der Waals surface area contributed by atoms with E-state index in [1.807, 2.05) is 26.0 Å². The zero-order valence-electron chi connectivity index (χ0n) is 16.8. The van der Waals surface area contributed by atoms with Crippen molar-refractivity contribution in [3.63, 3.8) is 0 Å². The van der Waals surface area contributed by atoms with Crippen LogP contribution >= 0.6 is 0 Å². The van der Waals surface area contributed by atoms with E-state index in [2.05, 4.69) is 5.32 Å². The molecule has 0 bridgehead atoms. The highest BCUT2D eigenvalue weighted by molar-refractivity contribution is 5.86. The maximum absolute atomic E-state index is 13.9. The van der Waals surface area contributed by atoms with Gasteiger partial charge >= 0.3 is 6.09 Å². The number of phenolic OH excluding ortho intramolecular Hbond substituents is 1. The van der Waals surface area contributed by atoms with Gasteiger partial charge in [-0.25, -0.2) is 14.7 Å². The van der Waals surface area contributed by atoms with Crippen LogP contribution in [0.1, 0.15) is 37.0 Å². The van der Waals surface area contributed by atoms with Crippen molar-refractivity contribution >= 4 is 17.7 Å². The molecular formula is C22H25FN2O5. The Kier molecular flexibility index (Phi) is 8.37. The number of hydroxylamine groups is 1. The van der Waals surface area contributed by atoms with E-state index in [1.165, 1.54) is 23.7 Å². The van der Waals surface area contributed by atoms with Crippen LogP contribution in [0, 0.1) is 18.7 Å². The molecular weight excluding hydrogens is 391 g/mol. The number of ether oxygens (including phenoxy) is 1. The maximum Gasteiger partial charge on any atom is 0.412 e. The molecule has 2 rings (SSSR count). The van der Waals surface area contributed by atoms with Crippen LogP contribution in [0.15, 0.2) is 54.6 Å². The minimum absolute atomic E-state index is 0.237. The number of carbonyl (C=O) groups excluding carboxylic acids is 2. The van der Waals surface area contributed by atoms with Crippen LogP contribution in [0.5, 0.6) is 5.75 Å². The third-order valence-corrected chi connectivity index (χ3v) is 4.52. The van der Waals surface area contributed by atoms with Crippen molar-refractivity contribution in [2.45, 2.75) is 32.8 Å². The molecule has 0 unspecified atom stereocenters. The Morgan fingerprint density at radius 2 is 1.90 bits per heavy atom. The quantitative estimate of drug-likeness (QED) is 0.286. The van der Waals surface area contributed by atoms with E-state index in [0.717, 1.165) is 11.6 Å². The van der Waals surface area contributed by atoms with Gasteiger partial charge < -0.3 is 9.84 Å². The van der Waals surface area contributed by atoms with Gasteiger partial charge in [-0.3, -0.25) is 15.3 Å². The van der Waals surface area contributed by atoms with Crippen LogP contribution in [-0.4, -0.2) is 22.3 Å². The molecule has 0 aliphatic heterocycles. The Morgan fingerprint density at radius 1 is 1.20 bits per heavy atom. The third-order valence-electron chi connectivity index (χ3n) is 4.52. The molecule has 0 spiro atoms. The Hall–Kier alpha value is -3.39. The van der Waals surface area contributed by atoms with Gasteiger partial charge in [0.1, 0.15) is 6.10 Å². The van der Waals surface area contributed by atoms with Crippen LogP contribution in [0.3, 0.4) is 0 Å². The van der Waals surface area contributed by atoms with E-state index in [4.69, 9.17) is 9.94 Å². The van der Waals surface area contributed by atoms with E-state index < -0.39 is 29.7 Å². The number of halogens is 1. The molecule has 0 saturated carbocycles. The monoisotopic (exact) mass is 416 g/mol. The highest BCUT2D eigenvalue weighted by Crippen LogP contribution is 2.32. The highest BCUT2D eigenvalue weighted by Gasteiger charge is 2.24. The molecule has 2 aromatic carbocycles. The zero-order chi connectivity index (χ0) is 22.1. The lowest BCUT2D eigenvalue weighted by Crippen LogP contribution is -2.22. The minimum Gasteiger partial charge on any atom is -0.505 e. The molecule has 8 heteroatoms. The number of allylic oxidation sites excluding steroid dienone is 1. The molecule has 0 fully saturated rings. The van der Waals surface area contributed by atoms with E-state index in [0.29, 0.717) is 24.1 Å². The summed E-state index contributed by atoms with van der Waals surface area (Å²) in [7, 11) is 0. The third kappa shape index (κ3) is 6.89. The van der Waals surface area contributed by atoms with Gasteiger partial charge in [0.15, 0.2) is 11.6 Å². The first-order valence-corrected chi connectivity index (χ1v) is 9.43. The topological polar surface area (TPSA) is 108 Å². The normalized spacial score (nSPS) is 12.9. The zero-order valence-corrected chi connectivity index (χ0v) is 16.8. The van der Waals surface area contributed by atoms with Crippen molar-refractivity contribution in [3.05, 3.63) is 71.6 Å². The molecule has 0 saturated heterocycles. The molecule has 0 heterocycles. The second-order valence-corrected chi connectivity index (χ2v) is 6.96. The van der Waals surface area contributed by atoms with Gasteiger partial charge in [-0.15, -0.1) is 0 Å². The van der Waals surface area contributed by atoms with Crippen LogP contribution < -0.4 is 10.8 Å². The van der Waals surface area contributed by atoms with E-state index >= 15 is 0 Å². The van der Waals surface area contributed by atoms with Crippen molar-refractivity contribution < 1.29 is 29.0 Å². The molecule has 0 aliphatic rings. The predicted molar refractivity (Wildman–Crippen MR) is 110 cm³/mol. The Labute approximate surface area is 174 Å². The summed E-state index contributed by atoms with van der Waals surface area (Å²) in [6.07, 6.45) is 2.26. The molecule has 160 valence electrons. The number of aromatic hydroxyl groups is 1. The summed E-state index contributed by atoms with van der Waals surface area (Å²) >= 11 is 0. The molecule has 0 aliphatic carbocycles. The number of hydrogen-bond acceptors (Lipinski definition) is 5. The van der Waals surface area contributed by atoms with Gasteiger partial charge in [0, 0.05) is 11.8 Å². The summed E-state index contributed by atoms with van der Waals surface area (Å²) in [4.78, 5) is 23.5. The lowest BCUT2D eigenvalue weighted by atomic mass is 9.93. The van der Waals surface area contributed by atoms with Gasteiger partial charge in [-0.2, -0.15) is 0 Å². The number of aryl methyl sites for hydroxylation is 1. The SMILES string of the molecule is Cc1ccc(NC(=O)O[C@@H](c2ccc(O)c(F)c2)[C@H](C)CC/C=C/C(=O)NO)cc1. The fourth-order valence-electron chi connectivity index (χ4n) is 2.85. The van der Waals surface area contributed by atoms with Crippen LogP contribution in [0.4, 0.5) is 14.9 Å². The first-order valence-electron chi connectivity index (χ1n) is 9.43. The number of hydrogen-bond donors (Lipinski definition) is 4. The Balaban J connectivity index is 2.12. The van der Waals surface area contributed by atoms with Gasteiger partial charge in [-0.05, 0) is 55.5 Å². The highest BCUT2D eigenvalue weighted by atomic mass is 19.1.